The van der Waals surface area contributed by atoms with Crippen LogP contribution in [0.4, 0.5) is 0 Å². The molecule has 0 aliphatic heterocycles. The van der Waals surface area contributed by atoms with E-state index in [4.69, 9.17) is 16.3 Å². The number of hydroxylamine groups is 1. The van der Waals surface area contributed by atoms with Crippen molar-refractivity contribution in [2.75, 3.05) is 7.11 Å². The molecule has 6 nitrogen and oxygen atoms in total. The third-order valence-corrected chi connectivity index (χ3v) is 0.846. The van der Waals surface area contributed by atoms with Crippen LogP contribution in [0.1, 0.15) is 0 Å². The molecule has 0 aliphatic rings. The highest BCUT2D eigenvalue weighted by Gasteiger charge is 1.97. The molecule has 0 unspecified atom stereocenters. The molecule has 0 spiro atoms. The molecule has 0 bridgehead atoms. The largest absolute Gasteiger partial charge is 0.388 e. The van der Waals surface area contributed by atoms with E-state index >= 15 is 0 Å². The molecule has 6 heteroatoms. The van der Waals surface area contributed by atoms with Gasteiger partial charge in [-0.15, -0.1) is 0 Å². The van der Waals surface area contributed by atoms with Crippen LogP contribution in [0, 0.1) is 22.7 Å². The normalized spacial score (nSPS) is 11.6. The number of hydrogen-bond acceptors (Lipinski definition) is 5. The van der Waals surface area contributed by atoms with Gasteiger partial charge in [0.15, 0.2) is 5.70 Å². The first-order chi connectivity index (χ1) is 5.76. The number of aliphatic imine (C=N–C) groups is 1. The smallest absolute Gasteiger partial charge is 0.175 e. The molecule has 0 aromatic heterocycles. The first kappa shape index (κ1) is 9.95. The Bertz CT molecular complexity index is 279. The molecular weight excluding hydrogens is 158 g/mol. The molecule has 0 aromatic rings. The fraction of sp³-hybridized carbons (Fsp3) is 0.167. The number of allylic oxidation sites excluding steroid dienone is 2. The van der Waals surface area contributed by atoms with Gasteiger partial charge in [0.2, 0.25) is 0 Å². The first-order valence-electron chi connectivity index (χ1n) is 2.87. The van der Waals surface area contributed by atoms with E-state index in [1.165, 1.54) is 7.11 Å². The summed E-state index contributed by atoms with van der Waals surface area (Å²) in [5.74, 6) is 0. The molecule has 62 valence electrons. The van der Waals surface area contributed by atoms with Gasteiger partial charge in [0.05, 0.1) is 7.11 Å². The van der Waals surface area contributed by atoms with Crippen LogP contribution >= 0.6 is 0 Å². The van der Waals surface area contributed by atoms with Crippen molar-refractivity contribution < 1.29 is 4.84 Å². The number of nitrogens with two attached hydrogens (primary N) is 1. The minimum Gasteiger partial charge on any atom is -0.388 e. The van der Waals surface area contributed by atoms with Gasteiger partial charge in [0.1, 0.15) is 24.2 Å². The third kappa shape index (κ3) is 3.20. The molecule has 0 saturated heterocycles. The van der Waals surface area contributed by atoms with Crippen LogP contribution in [0.25, 0.3) is 0 Å². The van der Waals surface area contributed by atoms with Crippen molar-refractivity contribution in [1.29, 1.82) is 10.5 Å². The monoisotopic (exact) mass is 165 g/mol. The second-order valence-electron chi connectivity index (χ2n) is 1.57. The van der Waals surface area contributed by atoms with Gasteiger partial charge in [-0.3, -0.25) is 10.3 Å². The summed E-state index contributed by atoms with van der Waals surface area (Å²) < 4.78 is 0. The highest BCUT2D eigenvalue weighted by Crippen LogP contribution is 1.96. The molecule has 0 heterocycles. The van der Waals surface area contributed by atoms with Gasteiger partial charge < -0.3 is 5.73 Å². The van der Waals surface area contributed by atoms with E-state index in [9.17, 15) is 0 Å². The molecule has 0 amide bonds. The molecule has 0 rings (SSSR count). The van der Waals surface area contributed by atoms with Gasteiger partial charge in [-0.2, -0.15) is 10.5 Å². The van der Waals surface area contributed by atoms with Crippen molar-refractivity contribution in [3.05, 3.63) is 11.4 Å². The van der Waals surface area contributed by atoms with E-state index in [-0.39, 0.29) is 11.4 Å². The van der Waals surface area contributed by atoms with Crippen molar-refractivity contribution >= 4 is 6.34 Å². The van der Waals surface area contributed by atoms with E-state index in [2.05, 4.69) is 15.3 Å². The zero-order valence-electron chi connectivity index (χ0n) is 6.40. The number of hydrogen-bond donors (Lipinski definition) is 2. The van der Waals surface area contributed by atoms with Crippen LogP contribution in [-0.4, -0.2) is 13.4 Å². The predicted molar refractivity (Wildman–Crippen MR) is 41.1 cm³/mol. The van der Waals surface area contributed by atoms with E-state index in [1.54, 1.807) is 12.1 Å². The summed E-state index contributed by atoms with van der Waals surface area (Å²) in [5.41, 5.74) is 6.99. The van der Waals surface area contributed by atoms with E-state index < -0.39 is 0 Å². The van der Waals surface area contributed by atoms with Crippen molar-refractivity contribution in [3.8, 4) is 12.1 Å². The third-order valence-electron chi connectivity index (χ3n) is 0.846. The maximum Gasteiger partial charge on any atom is 0.175 e. The van der Waals surface area contributed by atoms with Crippen molar-refractivity contribution in [3.63, 3.8) is 0 Å². The summed E-state index contributed by atoms with van der Waals surface area (Å²) in [4.78, 5) is 7.91. The molecule has 0 aliphatic carbocycles. The maximum atomic E-state index is 8.41. The van der Waals surface area contributed by atoms with Gasteiger partial charge in [-0.25, -0.2) is 4.99 Å². The van der Waals surface area contributed by atoms with Crippen LogP contribution in [0.5, 0.6) is 0 Å². The Labute approximate surface area is 69.5 Å². The predicted octanol–water partition coefficient (Wildman–Crippen LogP) is -0.617. The van der Waals surface area contributed by atoms with Crippen molar-refractivity contribution in [1.82, 2.24) is 5.48 Å². The lowest BCUT2D eigenvalue weighted by atomic mass is 10.4. The Morgan fingerprint density at radius 2 is 2.25 bits per heavy atom. The Balaban J connectivity index is 4.43. The summed E-state index contributed by atoms with van der Waals surface area (Å²) in [6, 6.07) is 3.25. The van der Waals surface area contributed by atoms with E-state index in [0.29, 0.717) is 0 Å². The molecule has 0 aromatic carbocycles. The van der Waals surface area contributed by atoms with E-state index in [0.717, 1.165) is 6.34 Å². The van der Waals surface area contributed by atoms with Crippen LogP contribution in [0.15, 0.2) is 16.4 Å². The highest BCUT2D eigenvalue weighted by molar-refractivity contribution is 5.57. The number of nitrogens with zero attached hydrogens (tertiary/aromatic N) is 3. The topological polar surface area (TPSA) is 107 Å². The second-order valence-corrected chi connectivity index (χ2v) is 1.57. The van der Waals surface area contributed by atoms with Gasteiger partial charge in [0, 0.05) is 0 Å². The van der Waals surface area contributed by atoms with Gasteiger partial charge >= 0.3 is 0 Å². The lowest BCUT2D eigenvalue weighted by Crippen LogP contribution is -2.08. The molecule has 0 radical (unpaired) electrons. The average molecular weight is 165 g/mol. The van der Waals surface area contributed by atoms with E-state index in [1.807, 2.05) is 0 Å². The van der Waals surface area contributed by atoms with Crippen LogP contribution in [0.3, 0.4) is 0 Å². The van der Waals surface area contributed by atoms with Gasteiger partial charge in [0.25, 0.3) is 0 Å². The molecule has 3 N–H and O–H groups in total. The Hall–Kier alpha value is -2.05. The average Bonchev–Trinajstić information content (AvgIpc) is 2.11. The van der Waals surface area contributed by atoms with Crippen molar-refractivity contribution in [2.45, 2.75) is 0 Å². The van der Waals surface area contributed by atoms with Crippen LogP contribution < -0.4 is 11.2 Å². The number of rotatable bonds is 3. The maximum absolute atomic E-state index is 8.41. The SMILES string of the molecule is CONC=N/C(C#N)=C(\N)C#N. The van der Waals surface area contributed by atoms with Crippen molar-refractivity contribution in [2.24, 2.45) is 10.7 Å². The summed E-state index contributed by atoms with van der Waals surface area (Å²) in [5, 5.41) is 16.7. The molecule has 0 saturated carbocycles. The highest BCUT2D eigenvalue weighted by atomic mass is 16.6. The lowest BCUT2D eigenvalue weighted by Gasteiger charge is -1.92. The summed E-state index contributed by atoms with van der Waals surface area (Å²) in [6.45, 7) is 0. The molecule has 12 heavy (non-hydrogen) atoms. The number of nitriles is 2. The standard InChI is InChI=1S/C6H7N5O/c1-12-11-4-10-6(3-8)5(9)2-7/h4H,9H2,1H3,(H,10,11)/b6-5-. The van der Waals surface area contributed by atoms with Gasteiger partial charge in [-0.05, 0) is 0 Å². The van der Waals surface area contributed by atoms with Crippen LogP contribution in [-0.2, 0) is 4.84 Å². The zero-order chi connectivity index (χ0) is 9.40. The minimum absolute atomic E-state index is 0.151. The molecule has 0 atom stereocenters. The Morgan fingerprint density at radius 3 is 2.67 bits per heavy atom. The lowest BCUT2D eigenvalue weighted by molar-refractivity contribution is 0.148. The fourth-order valence-corrected chi connectivity index (χ4v) is 0.355. The Morgan fingerprint density at radius 1 is 1.58 bits per heavy atom. The van der Waals surface area contributed by atoms with Crippen LogP contribution in [0.2, 0.25) is 0 Å². The first-order valence-corrected chi connectivity index (χ1v) is 2.87. The summed E-state index contributed by atoms with van der Waals surface area (Å²) in [7, 11) is 1.38. The fourth-order valence-electron chi connectivity index (χ4n) is 0.355. The zero-order valence-corrected chi connectivity index (χ0v) is 6.40. The van der Waals surface area contributed by atoms with Gasteiger partial charge in [-0.1, -0.05) is 0 Å². The molecular formula is C6H7N5O. The quantitative estimate of drug-likeness (QED) is 0.251. The molecule has 0 fully saturated rings. The summed E-state index contributed by atoms with van der Waals surface area (Å²) >= 11 is 0. The number of nitrogens with one attached hydrogen (secondary N) is 1. The Kier molecular flexibility index (Phi) is 4.74. The second kappa shape index (κ2) is 5.71. The summed E-state index contributed by atoms with van der Waals surface area (Å²) in [6.07, 6.45) is 1.11. The minimum atomic E-state index is -0.230.